The Bertz CT molecular complexity index is 510. The Morgan fingerprint density at radius 2 is 2.47 bits per heavy atom. The molecule has 0 radical (unpaired) electrons. The van der Waals surface area contributed by atoms with Crippen LogP contribution >= 0.6 is 11.3 Å². The summed E-state index contributed by atoms with van der Waals surface area (Å²) in [6, 6.07) is 0. The summed E-state index contributed by atoms with van der Waals surface area (Å²) in [6.45, 7) is 0.825. The van der Waals surface area contributed by atoms with Gasteiger partial charge in [-0.2, -0.15) is 0 Å². The molecule has 0 atom stereocenters. The zero-order chi connectivity index (χ0) is 13.5. The molecule has 0 spiro atoms. The predicted octanol–water partition coefficient (Wildman–Crippen LogP) is 1.63. The number of thiazole rings is 1. The van der Waals surface area contributed by atoms with Gasteiger partial charge in [0.25, 0.3) is 0 Å². The minimum Gasteiger partial charge on any atom is -0.469 e. The van der Waals surface area contributed by atoms with Crippen LogP contribution in [-0.4, -0.2) is 34.6 Å². The molecule has 2 aromatic rings. The van der Waals surface area contributed by atoms with Crippen molar-refractivity contribution in [2.24, 2.45) is 0 Å². The van der Waals surface area contributed by atoms with Gasteiger partial charge in [-0.05, 0) is 6.42 Å². The third-order valence-electron chi connectivity index (χ3n) is 2.53. The second-order valence-electron chi connectivity index (χ2n) is 3.96. The van der Waals surface area contributed by atoms with E-state index in [0.29, 0.717) is 0 Å². The van der Waals surface area contributed by atoms with Gasteiger partial charge in [-0.15, -0.1) is 11.3 Å². The van der Waals surface area contributed by atoms with E-state index in [1.165, 1.54) is 18.4 Å². The Kier molecular flexibility index (Phi) is 4.91. The number of hydrogen-bond acceptors (Lipinski definition) is 6. The fourth-order valence-electron chi connectivity index (χ4n) is 1.58. The molecule has 0 saturated carbocycles. The first-order valence-electron chi connectivity index (χ1n) is 6.01. The summed E-state index contributed by atoms with van der Waals surface area (Å²) in [5, 5.41) is 5.93. The first-order valence-corrected chi connectivity index (χ1v) is 6.89. The summed E-state index contributed by atoms with van der Waals surface area (Å²) >= 11 is 1.50. The van der Waals surface area contributed by atoms with Crippen LogP contribution in [0.15, 0.2) is 17.8 Å². The van der Waals surface area contributed by atoms with E-state index < -0.39 is 0 Å². The predicted molar refractivity (Wildman–Crippen MR) is 73.2 cm³/mol. The monoisotopic (exact) mass is 280 g/mol. The highest BCUT2D eigenvalue weighted by atomic mass is 32.1. The van der Waals surface area contributed by atoms with E-state index in [0.717, 1.165) is 36.0 Å². The van der Waals surface area contributed by atoms with Gasteiger partial charge in [-0.25, -0.2) is 9.97 Å². The molecule has 6 nitrogen and oxygen atoms in total. The van der Waals surface area contributed by atoms with E-state index in [1.54, 1.807) is 6.20 Å². The maximum atomic E-state index is 11.1. The molecule has 19 heavy (non-hydrogen) atoms. The molecule has 2 aromatic heterocycles. The SMILES string of the molecule is COC(=O)Cc1csc(NCCCc2ncc[nH]2)n1. The van der Waals surface area contributed by atoms with Crippen molar-refractivity contribution in [3.8, 4) is 0 Å². The molecule has 2 rings (SSSR count). The average molecular weight is 280 g/mol. The number of ether oxygens (including phenoxy) is 1. The van der Waals surface area contributed by atoms with Crippen LogP contribution in [0.4, 0.5) is 5.13 Å². The molecule has 2 heterocycles. The summed E-state index contributed by atoms with van der Waals surface area (Å²) in [6.07, 6.45) is 5.67. The molecule has 0 aliphatic carbocycles. The second kappa shape index (κ2) is 6.89. The summed E-state index contributed by atoms with van der Waals surface area (Å²) in [4.78, 5) is 22.6. The lowest BCUT2D eigenvalue weighted by Gasteiger charge is -2.01. The number of H-pyrrole nitrogens is 1. The van der Waals surface area contributed by atoms with Crippen molar-refractivity contribution in [3.05, 3.63) is 29.3 Å². The molecular formula is C12H16N4O2S. The van der Waals surface area contributed by atoms with Gasteiger partial charge in [-0.3, -0.25) is 4.79 Å². The quantitative estimate of drug-likeness (QED) is 0.595. The lowest BCUT2D eigenvalue weighted by Crippen LogP contribution is -2.06. The van der Waals surface area contributed by atoms with Gasteiger partial charge >= 0.3 is 5.97 Å². The number of hydrogen-bond donors (Lipinski definition) is 2. The highest BCUT2D eigenvalue weighted by Crippen LogP contribution is 2.16. The minimum atomic E-state index is -0.269. The van der Waals surface area contributed by atoms with Crippen LogP contribution in [0.2, 0.25) is 0 Å². The number of anilines is 1. The molecule has 0 saturated heterocycles. The number of rotatable bonds is 7. The number of nitrogens with one attached hydrogen (secondary N) is 2. The van der Waals surface area contributed by atoms with Gasteiger partial charge in [-0.1, -0.05) is 0 Å². The van der Waals surface area contributed by atoms with E-state index >= 15 is 0 Å². The number of imidazole rings is 1. The number of aromatic nitrogens is 3. The Morgan fingerprint density at radius 1 is 1.58 bits per heavy atom. The van der Waals surface area contributed by atoms with Crippen molar-refractivity contribution in [3.63, 3.8) is 0 Å². The number of aromatic amines is 1. The van der Waals surface area contributed by atoms with Crippen LogP contribution in [0.1, 0.15) is 17.9 Å². The normalized spacial score (nSPS) is 10.4. The number of esters is 1. The van der Waals surface area contributed by atoms with Crippen molar-refractivity contribution in [2.45, 2.75) is 19.3 Å². The zero-order valence-corrected chi connectivity index (χ0v) is 11.5. The van der Waals surface area contributed by atoms with Crippen LogP contribution < -0.4 is 5.32 Å². The first kappa shape index (κ1) is 13.5. The number of carbonyl (C=O) groups is 1. The van der Waals surface area contributed by atoms with Gasteiger partial charge in [0.2, 0.25) is 0 Å². The molecule has 2 N–H and O–H groups in total. The van der Waals surface area contributed by atoms with Gasteiger partial charge < -0.3 is 15.0 Å². The highest BCUT2D eigenvalue weighted by molar-refractivity contribution is 7.13. The second-order valence-corrected chi connectivity index (χ2v) is 4.82. The largest absolute Gasteiger partial charge is 0.469 e. The maximum absolute atomic E-state index is 11.1. The Hall–Kier alpha value is -1.89. The van der Waals surface area contributed by atoms with E-state index in [9.17, 15) is 4.79 Å². The van der Waals surface area contributed by atoms with Gasteiger partial charge in [0.05, 0.1) is 19.2 Å². The van der Waals surface area contributed by atoms with E-state index in [-0.39, 0.29) is 12.4 Å². The molecule has 0 aliphatic heterocycles. The van der Waals surface area contributed by atoms with Crippen LogP contribution in [0, 0.1) is 0 Å². The number of methoxy groups -OCH3 is 1. The van der Waals surface area contributed by atoms with Gasteiger partial charge in [0, 0.05) is 30.7 Å². The Morgan fingerprint density at radius 3 is 3.21 bits per heavy atom. The van der Waals surface area contributed by atoms with Crippen molar-refractivity contribution >= 4 is 22.4 Å². The summed E-state index contributed by atoms with van der Waals surface area (Å²) in [5.74, 6) is 0.724. The highest BCUT2D eigenvalue weighted by Gasteiger charge is 2.07. The van der Waals surface area contributed by atoms with Crippen LogP contribution in [0.25, 0.3) is 0 Å². The van der Waals surface area contributed by atoms with E-state index in [2.05, 4.69) is 25.0 Å². The van der Waals surface area contributed by atoms with Crippen molar-refractivity contribution in [2.75, 3.05) is 19.0 Å². The Labute approximate surface area is 115 Å². The maximum Gasteiger partial charge on any atom is 0.311 e. The molecule has 0 bridgehead atoms. The molecule has 7 heteroatoms. The molecule has 0 fully saturated rings. The zero-order valence-electron chi connectivity index (χ0n) is 10.7. The fraction of sp³-hybridized carbons (Fsp3) is 0.417. The number of nitrogens with zero attached hydrogens (tertiary/aromatic N) is 2. The van der Waals surface area contributed by atoms with Crippen LogP contribution in [0.3, 0.4) is 0 Å². The number of aryl methyl sites for hydroxylation is 1. The third-order valence-corrected chi connectivity index (χ3v) is 3.38. The van der Waals surface area contributed by atoms with Gasteiger partial charge in [0.15, 0.2) is 5.13 Å². The smallest absolute Gasteiger partial charge is 0.311 e. The topological polar surface area (TPSA) is 79.9 Å². The van der Waals surface area contributed by atoms with E-state index in [1.807, 2.05) is 11.6 Å². The standard InChI is InChI=1S/C12H16N4O2S/c1-18-11(17)7-9-8-19-12(16-9)15-4-2-3-10-13-5-6-14-10/h5-6,8H,2-4,7H2,1H3,(H,13,14)(H,15,16). The first-order chi connectivity index (χ1) is 9.28. The molecule has 0 aliphatic rings. The Balaban J connectivity index is 1.70. The van der Waals surface area contributed by atoms with Crippen molar-refractivity contribution < 1.29 is 9.53 Å². The lowest BCUT2D eigenvalue weighted by molar-refractivity contribution is -0.139. The average Bonchev–Trinajstić information content (AvgIpc) is 3.06. The van der Waals surface area contributed by atoms with Crippen LogP contribution in [-0.2, 0) is 22.4 Å². The van der Waals surface area contributed by atoms with Crippen LogP contribution in [0.5, 0.6) is 0 Å². The lowest BCUT2D eigenvalue weighted by atomic mass is 10.3. The molecule has 0 amide bonds. The van der Waals surface area contributed by atoms with Crippen molar-refractivity contribution in [1.82, 2.24) is 15.0 Å². The summed E-state index contributed by atoms with van der Waals surface area (Å²) in [7, 11) is 1.38. The molecule has 0 unspecified atom stereocenters. The van der Waals surface area contributed by atoms with Crippen molar-refractivity contribution in [1.29, 1.82) is 0 Å². The fourth-order valence-corrected chi connectivity index (χ4v) is 2.31. The summed E-state index contributed by atoms with van der Waals surface area (Å²) < 4.78 is 4.60. The minimum absolute atomic E-state index is 0.223. The van der Waals surface area contributed by atoms with Gasteiger partial charge in [0.1, 0.15) is 5.82 Å². The molecular weight excluding hydrogens is 264 g/mol. The van der Waals surface area contributed by atoms with E-state index in [4.69, 9.17) is 0 Å². The molecule has 0 aromatic carbocycles. The molecule has 102 valence electrons. The third kappa shape index (κ3) is 4.36. The summed E-state index contributed by atoms with van der Waals surface area (Å²) in [5.41, 5.74) is 0.741. The number of carbonyl (C=O) groups excluding carboxylic acids is 1.